The van der Waals surface area contributed by atoms with E-state index in [2.05, 4.69) is 6.92 Å². The first-order valence-electron chi connectivity index (χ1n) is 5.35. The lowest BCUT2D eigenvalue weighted by molar-refractivity contribution is -0.128. The average Bonchev–Trinajstić information content (AvgIpc) is 2.45. The molecule has 2 rings (SSSR count). The highest BCUT2D eigenvalue weighted by molar-refractivity contribution is 5.84. The maximum Gasteiger partial charge on any atom is 0.139 e. The molecular formula is C11H18O. The third kappa shape index (κ3) is 1.30. The van der Waals surface area contributed by atoms with Crippen LogP contribution in [0.25, 0.3) is 0 Å². The van der Waals surface area contributed by atoms with Crippen LogP contribution in [-0.4, -0.2) is 5.78 Å². The molecule has 2 aliphatic rings. The van der Waals surface area contributed by atoms with Gasteiger partial charge in [0.05, 0.1) is 0 Å². The van der Waals surface area contributed by atoms with Crippen molar-refractivity contribution in [1.82, 2.24) is 0 Å². The van der Waals surface area contributed by atoms with Gasteiger partial charge in [0.15, 0.2) is 0 Å². The van der Waals surface area contributed by atoms with E-state index in [0.29, 0.717) is 17.6 Å². The summed E-state index contributed by atoms with van der Waals surface area (Å²) in [7, 11) is 0. The second-order valence-corrected chi connectivity index (χ2v) is 4.50. The zero-order valence-corrected chi connectivity index (χ0v) is 7.88. The van der Waals surface area contributed by atoms with Gasteiger partial charge in [-0.3, -0.25) is 4.79 Å². The lowest BCUT2D eigenvalue weighted by Crippen LogP contribution is -2.27. The average molecular weight is 166 g/mol. The second kappa shape index (κ2) is 3.20. The molecule has 3 atom stereocenters. The van der Waals surface area contributed by atoms with E-state index in [9.17, 15) is 4.79 Å². The molecule has 0 aromatic carbocycles. The van der Waals surface area contributed by atoms with Crippen LogP contribution < -0.4 is 0 Å². The van der Waals surface area contributed by atoms with Crippen LogP contribution in [0.2, 0.25) is 0 Å². The van der Waals surface area contributed by atoms with Gasteiger partial charge >= 0.3 is 0 Å². The van der Waals surface area contributed by atoms with Gasteiger partial charge < -0.3 is 0 Å². The fourth-order valence-corrected chi connectivity index (χ4v) is 3.01. The number of hydrogen-bond acceptors (Lipinski definition) is 1. The van der Waals surface area contributed by atoms with Gasteiger partial charge in [-0.05, 0) is 38.0 Å². The molecule has 12 heavy (non-hydrogen) atoms. The summed E-state index contributed by atoms with van der Waals surface area (Å²) in [5, 5.41) is 0. The Morgan fingerprint density at radius 1 is 1.33 bits per heavy atom. The summed E-state index contributed by atoms with van der Waals surface area (Å²) < 4.78 is 0. The molecule has 68 valence electrons. The quantitative estimate of drug-likeness (QED) is 0.616. The van der Waals surface area contributed by atoms with E-state index in [-0.39, 0.29) is 0 Å². The lowest BCUT2D eigenvalue weighted by Gasteiger charge is -2.25. The Kier molecular flexibility index (Phi) is 2.20. The van der Waals surface area contributed by atoms with E-state index in [1.54, 1.807) is 0 Å². The van der Waals surface area contributed by atoms with Crippen molar-refractivity contribution in [2.24, 2.45) is 17.8 Å². The van der Waals surface area contributed by atoms with E-state index in [1.807, 2.05) is 0 Å². The first kappa shape index (κ1) is 8.28. The van der Waals surface area contributed by atoms with Crippen molar-refractivity contribution in [3.8, 4) is 0 Å². The number of hydrogen-bond donors (Lipinski definition) is 0. The van der Waals surface area contributed by atoms with Crippen LogP contribution in [0.3, 0.4) is 0 Å². The van der Waals surface area contributed by atoms with E-state index in [1.165, 1.54) is 32.1 Å². The Hall–Kier alpha value is -0.330. The zero-order chi connectivity index (χ0) is 8.55. The smallest absolute Gasteiger partial charge is 0.139 e. The van der Waals surface area contributed by atoms with Gasteiger partial charge in [-0.25, -0.2) is 0 Å². The van der Waals surface area contributed by atoms with Crippen LogP contribution in [0.5, 0.6) is 0 Å². The molecule has 2 fully saturated rings. The third-order valence-corrected chi connectivity index (χ3v) is 3.60. The van der Waals surface area contributed by atoms with Crippen molar-refractivity contribution in [3.63, 3.8) is 0 Å². The van der Waals surface area contributed by atoms with Crippen LogP contribution in [0.1, 0.15) is 45.4 Å². The van der Waals surface area contributed by atoms with Gasteiger partial charge in [0.1, 0.15) is 5.78 Å². The topological polar surface area (TPSA) is 17.1 Å². The Morgan fingerprint density at radius 3 is 2.92 bits per heavy atom. The van der Waals surface area contributed by atoms with Gasteiger partial charge in [0.25, 0.3) is 0 Å². The molecule has 2 bridgehead atoms. The SMILES string of the molecule is CCCC1CC2CCC(C2)C1=O. The van der Waals surface area contributed by atoms with Gasteiger partial charge in [-0.2, -0.15) is 0 Å². The first-order valence-corrected chi connectivity index (χ1v) is 5.35. The Balaban J connectivity index is 2.03. The summed E-state index contributed by atoms with van der Waals surface area (Å²) in [6.45, 7) is 2.18. The minimum absolute atomic E-state index is 0.446. The predicted molar refractivity (Wildman–Crippen MR) is 48.9 cm³/mol. The maximum atomic E-state index is 11.8. The number of fused-ring (bicyclic) bond motifs is 2. The highest BCUT2D eigenvalue weighted by atomic mass is 16.1. The Bertz CT molecular complexity index is 185. The minimum atomic E-state index is 0.446. The molecule has 2 aliphatic carbocycles. The highest BCUT2D eigenvalue weighted by Crippen LogP contribution is 2.43. The van der Waals surface area contributed by atoms with E-state index >= 15 is 0 Å². The van der Waals surface area contributed by atoms with Crippen LogP contribution in [0, 0.1) is 17.8 Å². The Morgan fingerprint density at radius 2 is 2.17 bits per heavy atom. The fraction of sp³-hybridized carbons (Fsp3) is 0.909. The third-order valence-electron chi connectivity index (χ3n) is 3.60. The van der Waals surface area contributed by atoms with Gasteiger partial charge in [0, 0.05) is 11.8 Å². The molecule has 1 nitrogen and oxygen atoms in total. The fourth-order valence-electron chi connectivity index (χ4n) is 3.01. The monoisotopic (exact) mass is 166 g/mol. The number of carbonyl (C=O) groups is 1. The lowest BCUT2D eigenvalue weighted by atomic mass is 9.78. The molecule has 0 saturated heterocycles. The van der Waals surface area contributed by atoms with Gasteiger partial charge in [-0.1, -0.05) is 13.3 Å². The molecule has 0 heterocycles. The standard InChI is InChI=1S/C11H18O/c1-2-3-9-6-8-4-5-10(7-8)11(9)12/h8-10H,2-7H2,1H3. The second-order valence-electron chi connectivity index (χ2n) is 4.50. The van der Waals surface area contributed by atoms with Crippen molar-refractivity contribution in [3.05, 3.63) is 0 Å². The van der Waals surface area contributed by atoms with Crippen molar-refractivity contribution in [1.29, 1.82) is 0 Å². The summed E-state index contributed by atoms with van der Waals surface area (Å²) in [5.41, 5.74) is 0. The molecular weight excluding hydrogens is 148 g/mol. The molecule has 0 N–H and O–H groups in total. The van der Waals surface area contributed by atoms with E-state index in [4.69, 9.17) is 0 Å². The summed E-state index contributed by atoms with van der Waals surface area (Å²) >= 11 is 0. The molecule has 0 aromatic rings. The predicted octanol–water partition coefficient (Wildman–Crippen LogP) is 2.79. The van der Waals surface area contributed by atoms with Crippen molar-refractivity contribution in [2.45, 2.75) is 45.4 Å². The van der Waals surface area contributed by atoms with Gasteiger partial charge in [-0.15, -0.1) is 0 Å². The number of rotatable bonds is 2. The summed E-state index contributed by atoms with van der Waals surface area (Å²) in [6.07, 6.45) is 7.28. The molecule has 0 amide bonds. The largest absolute Gasteiger partial charge is 0.299 e. The minimum Gasteiger partial charge on any atom is -0.299 e. The normalized spacial score (nSPS) is 40.4. The molecule has 0 spiro atoms. The number of carbonyl (C=O) groups excluding carboxylic acids is 1. The van der Waals surface area contributed by atoms with E-state index in [0.717, 1.165) is 12.3 Å². The number of ketones is 1. The molecule has 0 aromatic heterocycles. The van der Waals surface area contributed by atoms with Crippen molar-refractivity contribution in [2.75, 3.05) is 0 Å². The molecule has 0 radical (unpaired) electrons. The summed E-state index contributed by atoms with van der Waals surface area (Å²) in [6, 6.07) is 0. The molecule has 1 heteroatoms. The van der Waals surface area contributed by atoms with Gasteiger partial charge in [0.2, 0.25) is 0 Å². The van der Waals surface area contributed by atoms with Crippen LogP contribution in [-0.2, 0) is 4.79 Å². The molecule has 0 aliphatic heterocycles. The van der Waals surface area contributed by atoms with E-state index < -0.39 is 0 Å². The number of Topliss-reactive ketones (excluding diaryl/α,β-unsaturated/α-hetero) is 1. The van der Waals surface area contributed by atoms with Crippen molar-refractivity contribution >= 4 is 5.78 Å². The summed E-state index contributed by atoms with van der Waals surface area (Å²) in [4.78, 5) is 11.8. The highest BCUT2D eigenvalue weighted by Gasteiger charge is 2.39. The van der Waals surface area contributed by atoms with Crippen LogP contribution in [0.15, 0.2) is 0 Å². The first-order chi connectivity index (χ1) is 5.81. The zero-order valence-electron chi connectivity index (χ0n) is 7.88. The maximum absolute atomic E-state index is 11.8. The summed E-state index contributed by atoms with van der Waals surface area (Å²) in [5.74, 6) is 2.43. The van der Waals surface area contributed by atoms with Crippen LogP contribution in [0.4, 0.5) is 0 Å². The van der Waals surface area contributed by atoms with Crippen LogP contribution >= 0.6 is 0 Å². The molecule has 3 unspecified atom stereocenters. The molecule has 2 saturated carbocycles. The Labute approximate surface area is 74.5 Å². The van der Waals surface area contributed by atoms with Crippen molar-refractivity contribution < 1.29 is 4.79 Å².